The Morgan fingerprint density at radius 1 is 1.29 bits per heavy atom. The molecule has 0 aromatic carbocycles. The average Bonchev–Trinajstić information content (AvgIpc) is 2.84. The van der Waals surface area contributed by atoms with E-state index in [1.807, 2.05) is 0 Å². The third-order valence-corrected chi connectivity index (χ3v) is 2.34. The Morgan fingerprint density at radius 2 is 1.93 bits per heavy atom. The van der Waals surface area contributed by atoms with Crippen LogP contribution in [0.25, 0.3) is 0 Å². The van der Waals surface area contributed by atoms with Gasteiger partial charge >= 0.3 is 6.18 Å². The summed E-state index contributed by atoms with van der Waals surface area (Å²) in [5.74, 6) is 0. The van der Waals surface area contributed by atoms with Gasteiger partial charge in [0.2, 0.25) is 0 Å². The summed E-state index contributed by atoms with van der Waals surface area (Å²) < 4.78 is 36.8. The van der Waals surface area contributed by atoms with Gasteiger partial charge in [-0.15, -0.1) is 0 Å². The van der Waals surface area contributed by atoms with Crippen LogP contribution < -0.4 is 5.73 Å². The zero-order valence-electron chi connectivity index (χ0n) is 7.30. The van der Waals surface area contributed by atoms with Gasteiger partial charge in [-0.2, -0.15) is 13.2 Å². The van der Waals surface area contributed by atoms with Gasteiger partial charge in [-0.05, 0) is 25.0 Å². The van der Waals surface area contributed by atoms with Crippen LogP contribution in [0.2, 0.25) is 0 Å². The predicted octanol–water partition coefficient (Wildman–Crippen LogP) is 2.05. The molecule has 2 rings (SSSR count). The Morgan fingerprint density at radius 3 is 2.43 bits per heavy atom. The fourth-order valence-electron chi connectivity index (χ4n) is 1.26. The number of nitrogens with zero attached hydrogens (tertiary/aromatic N) is 1. The molecule has 0 radical (unpaired) electrons. The summed E-state index contributed by atoms with van der Waals surface area (Å²) in [6.45, 7) is 0. The highest BCUT2D eigenvalue weighted by atomic mass is 19.4. The SMILES string of the molecule is NC1(c2cccc(C(F)(F)F)n2)CC1. The van der Waals surface area contributed by atoms with E-state index in [0.717, 1.165) is 6.07 Å². The lowest BCUT2D eigenvalue weighted by molar-refractivity contribution is -0.141. The van der Waals surface area contributed by atoms with Crippen molar-refractivity contribution in [2.24, 2.45) is 5.73 Å². The first kappa shape index (κ1) is 9.45. The summed E-state index contributed by atoms with van der Waals surface area (Å²) in [5.41, 5.74) is 4.61. The van der Waals surface area contributed by atoms with Crippen LogP contribution in [0.1, 0.15) is 24.2 Å². The van der Waals surface area contributed by atoms with Crippen LogP contribution in [-0.2, 0) is 11.7 Å². The van der Waals surface area contributed by atoms with E-state index in [4.69, 9.17) is 5.73 Å². The van der Waals surface area contributed by atoms with Gasteiger partial charge in [0.1, 0.15) is 5.69 Å². The van der Waals surface area contributed by atoms with Crippen molar-refractivity contribution < 1.29 is 13.2 Å². The molecule has 1 heterocycles. The van der Waals surface area contributed by atoms with E-state index in [2.05, 4.69) is 4.98 Å². The second-order valence-corrected chi connectivity index (χ2v) is 3.56. The number of nitrogens with two attached hydrogens (primary N) is 1. The molecule has 14 heavy (non-hydrogen) atoms. The Kier molecular flexibility index (Phi) is 1.82. The van der Waals surface area contributed by atoms with Gasteiger partial charge in [-0.1, -0.05) is 6.07 Å². The monoisotopic (exact) mass is 202 g/mol. The molecule has 0 unspecified atom stereocenters. The van der Waals surface area contributed by atoms with Gasteiger partial charge in [-0.3, -0.25) is 0 Å². The van der Waals surface area contributed by atoms with E-state index in [1.54, 1.807) is 6.07 Å². The molecule has 0 amide bonds. The second-order valence-electron chi connectivity index (χ2n) is 3.56. The maximum absolute atomic E-state index is 12.3. The highest BCUT2D eigenvalue weighted by molar-refractivity contribution is 5.24. The van der Waals surface area contributed by atoms with Crippen LogP contribution >= 0.6 is 0 Å². The number of rotatable bonds is 1. The van der Waals surface area contributed by atoms with E-state index in [0.29, 0.717) is 18.5 Å². The van der Waals surface area contributed by atoms with Crippen LogP contribution in [-0.4, -0.2) is 4.98 Å². The zero-order valence-corrected chi connectivity index (χ0v) is 7.30. The van der Waals surface area contributed by atoms with Crippen molar-refractivity contribution in [1.82, 2.24) is 4.98 Å². The minimum Gasteiger partial charge on any atom is -0.320 e. The first-order chi connectivity index (χ1) is 6.42. The van der Waals surface area contributed by atoms with E-state index < -0.39 is 17.4 Å². The first-order valence-electron chi connectivity index (χ1n) is 4.25. The molecule has 0 spiro atoms. The van der Waals surface area contributed by atoms with Gasteiger partial charge in [-0.25, -0.2) is 4.98 Å². The summed E-state index contributed by atoms with van der Waals surface area (Å²) in [6, 6.07) is 3.84. The maximum atomic E-state index is 12.3. The van der Waals surface area contributed by atoms with Crippen LogP contribution in [0.15, 0.2) is 18.2 Å². The summed E-state index contributed by atoms with van der Waals surface area (Å²) in [6.07, 6.45) is -2.97. The van der Waals surface area contributed by atoms with Crippen molar-refractivity contribution in [3.8, 4) is 0 Å². The maximum Gasteiger partial charge on any atom is 0.433 e. The molecule has 1 fully saturated rings. The van der Waals surface area contributed by atoms with Crippen molar-refractivity contribution in [2.45, 2.75) is 24.6 Å². The molecule has 0 atom stereocenters. The molecule has 1 aliphatic carbocycles. The van der Waals surface area contributed by atoms with E-state index in [-0.39, 0.29) is 0 Å². The van der Waals surface area contributed by atoms with Crippen molar-refractivity contribution >= 4 is 0 Å². The lowest BCUT2D eigenvalue weighted by atomic mass is 10.1. The summed E-state index contributed by atoms with van der Waals surface area (Å²) in [5, 5.41) is 0. The normalized spacial score (nSPS) is 19.4. The van der Waals surface area contributed by atoms with Gasteiger partial charge in [0, 0.05) is 0 Å². The zero-order chi connectivity index (χ0) is 10.4. The second kappa shape index (κ2) is 2.70. The molecule has 5 heteroatoms. The molecule has 0 aliphatic heterocycles. The molecule has 1 saturated carbocycles. The highest BCUT2D eigenvalue weighted by Crippen LogP contribution is 2.42. The van der Waals surface area contributed by atoms with E-state index >= 15 is 0 Å². The number of halogens is 3. The molecule has 76 valence electrons. The minimum absolute atomic E-state index is 0.340. The van der Waals surface area contributed by atoms with Gasteiger partial charge in [0.05, 0.1) is 11.2 Å². The number of aromatic nitrogens is 1. The van der Waals surface area contributed by atoms with Crippen molar-refractivity contribution in [3.63, 3.8) is 0 Å². The smallest absolute Gasteiger partial charge is 0.320 e. The Hall–Kier alpha value is -1.10. The van der Waals surface area contributed by atoms with Crippen LogP contribution in [0.3, 0.4) is 0 Å². The summed E-state index contributed by atoms with van der Waals surface area (Å²) in [7, 11) is 0. The fourth-order valence-corrected chi connectivity index (χ4v) is 1.26. The molecule has 0 saturated heterocycles. The molecule has 0 bridgehead atoms. The van der Waals surface area contributed by atoms with E-state index in [1.165, 1.54) is 6.07 Å². The van der Waals surface area contributed by atoms with Gasteiger partial charge in [0.25, 0.3) is 0 Å². The van der Waals surface area contributed by atoms with Crippen molar-refractivity contribution in [1.29, 1.82) is 0 Å². The number of hydrogen-bond donors (Lipinski definition) is 1. The number of pyridine rings is 1. The third kappa shape index (κ3) is 1.59. The largest absolute Gasteiger partial charge is 0.433 e. The lowest BCUT2D eigenvalue weighted by Gasteiger charge is -2.11. The van der Waals surface area contributed by atoms with E-state index in [9.17, 15) is 13.2 Å². The molecular weight excluding hydrogens is 193 g/mol. The number of alkyl halides is 3. The lowest BCUT2D eigenvalue weighted by Crippen LogP contribution is -2.22. The fraction of sp³-hybridized carbons (Fsp3) is 0.444. The molecule has 1 aliphatic rings. The Labute approximate surface area is 78.9 Å². The first-order valence-corrected chi connectivity index (χ1v) is 4.25. The van der Waals surface area contributed by atoms with Crippen LogP contribution in [0, 0.1) is 0 Å². The standard InChI is InChI=1S/C9H9F3N2/c10-9(11,12)7-3-1-2-6(14-7)8(13)4-5-8/h1-3H,4-5,13H2. The predicted molar refractivity (Wildman–Crippen MR) is 44.3 cm³/mol. The Balaban J connectivity index is 2.37. The minimum atomic E-state index is -4.39. The Bertz CT molecular complexity index is 335. The van der Waals surface area contributed by atoms with Crippen LogP contribution in [0.5, 0.6) is 0 Å². The molecule has 1 aromatic heterocycles. The molecule has 2 nitrogen and oxygen atoms in total. The van der Waals surface area contributed by atoms with Crippen molar-refractivity contribution in [2.75, 3.05) is 0 Å². The average molecular weight is 202 g/mol. The summed E-state index contributed by atoms with van der Waals surface area (Å²) in [4.78, 5) is 3.53. The topological polar surface area (TPSA) is 38.9 Å². The third-order valence-electron chi connectivity index (χ3n) is 2.34. The highest BCUT2D eigenvalue weighted by Gasteiger charge is 2.43. The summed E-state index contributed by atoms with van der Waals surface area (Å²) >= 11 is 0. The molecule has 1 aromatic rings. The van der Waals surface area contributed by atoms with Gasteiger partial charge < -0.3 is 5.73 Å². The number of hydrogen-bond acceptors (Lipinski definition) is 2. The molecule has 2 N–H and O–H groups in total. The van der Waals surface area contributed by atoms with Crippen LogP contribution in [0.4, 0.5) is 13.2 Å². The van der Waals surface area contributed by atoms with Crippen molar-refractivity contribution in [3.05, 3.63) is 29.6 Å². The quantitative estimate of drug-likeness (QED) is 0.756. The molecular formula is C9H9F3N2. The van der Waals surface area contributed by atoms with Gasteiger partial charge in [0.15, 0.2) is 0 Å².